The summed E-state index contributed by atoms with van der Waals surface area (Å²) in [5.74, 6) is 1.75. The summed E-state index contributed by atoms with van der Waals surface area (Å²) in [6.07, 6.45) is 0. The Morgan fingerprint density at radius 3 is 1.77 bits per heavy atom. The van der Waals surface area contributed by atoms with Gasteiger partial charge in [-0.15, -0.1) is 0 Å². The first-order chi connectivity index (χ1) is 31.2. The molecule has 1 aliphatic carbocycles. The van der Waals surface area contributed by atoms with Crippen molar-refractivity contribution in [3.8, 4) is 44.9 Å². The predicted octanol–water partition coefficient (Wildman–Crippen LogP) is 17.0. The molecule has 64 heavy (non-hydrogen) atoms. The zero-order chi connectivity index (χ0) is 42.9. The quantitative estimate of drug-likeness (QED) is 0.173. The third kappa shape index (κ3) is 5.29. The summed E-state index contributed by atoms with van der Waals surface area (Å²) in [6.45, 7) is 9.26. The summed E-state index contributed by atoms with van der Waals surface area (Å²) in [7, 11) is 0. The first-order valence-corrected chi connectivity index (χ1v) is 22.2. The van der Waals surface area contributed by atoms with Gasteiger partial charge in [0.05, 0.1) is 5.39 Å². The average molecular weight is 826 g/mol. The van der Waals surface area contributed by atoms with E-state index in [9.17, 15) is 0 Å². The lowest BCUT2D eigenvalue weighted by Gasteiger charge is -2.35. The molecular weight excluding hydrogens is 783 g/mol. The SMILES string of the molecule is CC1(C)c2ccccc2-c2ccc(N(c3ccc(-c4ccc5c(c4)Oc4c(ccc6oc7ccccc7c46)C5(C)C)cc3)c3ccc(-c4cccc5c4oc4ccccc45)cc3)cc21. The van der Waals surface area contributed by atoms with Crippen LogP contribution in [0.5, 0.6) is 11.5 Å². The number of furan rings is 2. The van der Waals surface area contributed by atoms with Gasteiger partial charge in [-0.25, -0.2) is 0 Å². The molecule has 0 atom stereocenters. The number of fused-ring (bicyclic) bond motifs is 12. The van der Waals surface area contributed by atoms with Gasteiger partial charge in [0.2, 0.25) is 0 Å². The maximum atomic E-state index is 6.92. The fraction of sp³-hybridized carbons (Fsp3) is 0.100. The second-order valence-corrected chi connectivity index (χ2v) is 18.5. The highest BCUT2D eigenvalue weighted by Crippen LogP contribution is 2.54. The zero-order valence-corrected chi connectivity index (χ0v) is 36.1. The van der Waals surface area contributed by atoms with Crippen LogP contribution in [0.4, 0.5) is 17.1 Å². The minimum Gasteiger partial charge on any atom is -0.456 e. The number of para-hydroxylation sites is 3. The minimum absolute atomic E-state index is 0.132. The van der Waals surface area contributed by atoms with Crippen molar-refractivity contribution in [1.29, 1.82) is 0 Å². The van der Waals surface area contributed by atoms with Crippen LogP contribution in [0, 0.1) is 0 Å². The number of ether oxygens (including phenoxy) is 1. The summed E-state index contributed by atoms with van der Waals surface area (Å²) >= 11 is 0. The highest BCUT2D eigenvalue weighted by atomic mass is 16.5. The lowest BCUT2D eigenvalue weighted by molar-refractivity contribution is 0.423. The van der Waals surface area contributed by atoms with Gasteiger partial charge in [0.25, 0.3) is 0 Å². The Labute approximate surface area is 371 Å². The normalized spacial score (nSPS) is 14.3. The molecule has 0 unspecified atom stereocenters. The van der Waals surface area contributed by atoms with Crippen LogP contribution in [-0.4, -0.2) is 0 Å². The summed E-state index contributed by atoms with van der Waals surface area (Å²) in [4.78, 5) is 2.38. The molecule has 0 saturated carbocycles. The summed E-state index contributed by atoms with van der Waals surface area (Å²) in [5.41, 5.74) is 18.4. The maximum absolute atomic E-state index is 6.92. The van der Waals surface area contributed by atoms with Gasteiger partial charge in [0, 0.05) is 60.7 Å². The van der Waals surface area contributed by atoms with E-state index < -0.39 is 0 Å². The monoisotopic (exact) mass is 825 g/mol. The molecule has 2 aromatic heterocycles. The van der Waals surface area contributed by atoms with Gasteiger partial charge >= 0.3 is 0 Å². The molecule has 0 bridgehead atoms. The van der Waals surface area contributed by atoms with Gasteiger partial charge in [-0.1, -0.05) is 155 Å². The topological polar surface area (TPSA) is 38.8 Å². The predicted molar refractivity (Wildman–Crippen MR) is 263 cm³/mol. The van der Waals surface area contributed by atoms with Crippen molar-refractivity contribution < 1.29 is 13.6 Å². The largest absolute Gasteiger partial charge is 0.456 e. The number of hydrogen-bond donors (Lipinski definition) is 0. The molecular formula is C60H43NO3. The van der Waals surface area contributed by atoms with Gasteiger partial charge < -0.3 is 18.5 Å². The van der Waals surface area contributed by atoms with Crippen molar-refractivity contribution in [3.63, 3.8) is 0 Å². The van der Waals surface area contributed by atoms with Crippen LogP contribution in [0.15, 0.2) is 197 Å². The van der Waals surface area contributed by atoms with Crippen molar-refractivity contribution in [1.82, 2.24) is 0 Å². The molecule has 0 fully saturated rings. The van der Waals surface area contributed by atoms with E-state index in [0.717, 1.165) is 100 Å². The Kier molecular flexibility index (Phi) is 7.67. The highest BCUT2D eigenvalue weighted by molar-refractivity contribution is 6.10. The van der Waals surface area contributed by atoms with Crippen LogP contribution in [0.2, 0.25) is 0 Å². The van der Waals surface area contributed by atoms with Crippen LogP contribution in [0.25, 0.3) is 77.3 Å². The molecule has 11 aromatic rings. The van der Waals surface area contributed by atoms with Crippen molar-refractivity contribution in [2.24, 2.45) is 0 Å². The van der Waals surface area contributed by atoms with Gasteiger partial charge in [-0.3, -0.25) is 0 Å². The van der Waals surface area contributed by atoms with E-state index in [1.54, 1.807) is 0 Å². The van der Waals surface area contributed by atoms with E-state index in [2.05, 4.69) is 196 Å². The number of anilines is 3. The summed E-state index contributed by atoms with van der Waals surface area (Å²) in [6, 6.07) is 67.5. The van der Waals surface area contributed by atoms with E-state index in [-0.39, 0.29) is 10.8 Å². The van der Waals surface area contributed by atoms with E-state index >= 15 is 0 Å². The van der Waals surface area contributed by atoms with Crippen molar-refractivity contribution in [3.05, 3.63) is 210 Å². The lowest BCUT2D eigenvalue weighted by atomic mass is 9.75. The van der Waals surface area contributed by atoms with Crippen LogP contribution >= 0.6 is 0 Å². The molecule has 9 aromatic carbocycles. The Morgan fingerprint density at radius 1 is 0.375 bits per heavy atom. The van der Waals surface area contributed by atoms with Gasteiger partial charge in [0.1, 0.15) is 33.8 Å². The Hall–Kier alpha value is -7.82. The van der Waals surface area contributed by atoms with Crippen molar-refractivity contribution in [2.45, 2.75) is 38.5 Å². The Bertz CT molecular complexity index is 3700. The minimum atomic E-state index is -0.266. The van der Waals surface area contributed by atoms with Gasteiger partial charge in [-0.2, -0.15) is 0 Å². The van der Waals surface area contributed by atoms with Crippen LogP contribution in [0.3, 0.4) is 0 Å². The van der Waals surface area contributed by atoms with E-state index in [0.29, 0.717) is 0 Å². The molecule has 1 aliphatic heterocycles. The smallest absolute Gasteiger partial charge is 0.143 e. The van der Waals surface area contributed by atoms with Crippen LogP contribution in [-0.2, 0) is 10.8 Å². The zero-order valence-electron chi connectivity index (χ0n) is 36.1. The standard InChI is InChI=1S/C60H43NO3/c1-59(2)48-17-8-5-12-43(48)44-30-29-41(35-51(44)59)61(40-27-22-37(23-28-40)42-15-11-16-46-45-13-6-9-18-52(45)63-57(42)46)39-25-20-36(21-26-39)38-24-31-49-55(34-38)64-58-50(60(49,3)4)32-33-54-56(58)47-14-7-10-19-53(47)62-54/h5-35H,1-4H3. The molecule has 0 amide bonds. The Balaban J connectivity index is 0.897. The first kappa shape index (κ1) is 36.8. The average Bonchev–Trinajstić information content (AvgIpc) is 3.97. The number of benzene rings is 9. The maximum Gasteiger partial charge on any atom is 0.143 e. The molecule has 3 heterocycles. The molecule has 2 aliphatic rings. The first-order valence-electron chi connectivity index (χ1n) is 22.2. The molecule has 0 radical (unpaired) electrons. The molecule has 4 heteroatoms. The van der Waals surface area contributed by atoms with E-state index in [1.165, 1.54) is 27.8 Å². The second kappa shape index (κ2) is 13.3. The summed E-state index contributed by atoms with van der Waals surface area (Å²) < 4.78 is 19.6. The lowest BCUT2D eigenvalue weighted by Crippen LogP contribution is -2.24. The number of hydrogen-bond acceptors (Lipinski definition) is 4. The molecule has 0 saturated heterocycles. The van der Waals surface area contributed by atoms with Crippen LogP contribution in [0.1, 0.15) is 49.9 Å². The Morgan fingerprint density at radius 2 is 0.969 bits per heavy atom. The highest BCUT2D eigenvalue weighted by Gasteiger charge is 2.37. The molecule has 13 rings (SSSR count). The van der Waals surface area contributed by atoms with Crippen molar-refractivity contribution >= 4 is 60.9 Å². The fourth-order valence-corrected chi connectivity index (χ4v) is 10.8. The molecule has 4 nitrogen and oxygen atoms in total. The van der Waals surface area contributed by atoms with Gasteiger partial charge in [-0.05, 0) is 99.6 Å². The second-order valence-electron chi connectivity index (χ2n) is 18.5. The number of nitrogens with zero attached hydrogens (tertiary/aromatic N) is 1. The fourth-order valence-electron chi connectivity index (χ4n) is 10.8. The van der Waals surface area contributed by atoms with E-state index in [1.807, 2.05) is 24.3 Å². The number of rotatable bonds is 5. The van der Waals surface area contributed by atoms with Gasteiger partial charge in [0.15, 0.2) is 0 Å². The third-order valence-electron chi connectivity index (χ3n) is 14.2. The molecule has 0 N–H and O–H groups in total. The van der Waals surface area contributed by atoms with Crippen LogP contribution < -0.4 is 9.64 Å². The molecule has 0 spiro atoms. The summed E-state index contributed by atoms with van der Waals surface area (Å²) in [5, 5.41) is 4.36. The van der Waals surface area contributed by atoms with E-state index in [4.69, 9.17) is 13.6 Å². The third-order valence-corrected chi connectivity index (χ3v) is 14.2. The van der Waals surface area contributed by atoms with Crippen molar-refractivity contribution in [2.75, 3.05) is 4.90 Å². The molecule has 306 valence electrons.